The summed E-state index contributed by atoms with van der Waals surface area (Å²) in [5.74, 6) is -0.853. The molecule has 0 saturated carbocycles. The van der Waals surface area contributed by atoms with Crippen molar-refractivity contribution >= 4 is 21.8 Å². The van der Waals surface area contributed by atoms with Gasteiger partial charge >= 0.3 is 5.97 Å². The molecule has 19 heavy (non-hydrogen) atoms. The topological polar surface area (TPSA) is 108 Å². The summed E-state index contributed by atoms with van der Waals surface area (Å²) in [5.41, 5.74) is 5.59. The Morgan fingerprint density at radius 2 is 2.26 bits per heavy atom. The van der Waals surface area contributed by atoms with E-state index in [1.165, 1.54) is 22.3 Å². The Morgan fingerprint density at radius 3 is 2.79 bits per heavy atom. The van der Waals surface area contributed by atoms with Crippen LogP contribution in [0.25, 0.3) is 0 Å². The van der Waals surface area contributed by atoms with Crippen molar-refractivity contribution in [1.29, 1.82) is 0 Å². The van der Waals surface area contributed by atoms with Crippen LogP contribution >= 0.6 is 0 Å². The molecule has 1 aromatic heterocycles. The third-order valence-corrected chi connectivity index (χ3v) is 5.18. The molecule has 8 nitrogen and oxygen atoms in total. The highest BCUT2D eigenvalue weighted by molar-refractivity contribution is 7.89. The van der Waals surface area contributed by atoms with Gasteiger partial charge in [0, 0.05) is 20.1 Å². The number of nitrogens with zero attached hydrogens (tertiary/aromatic N) is 3. The van der Waals surface area contributed by atoms with E-state index in [4.69, 9.17) is 5.73 Å². The third-order valence-electron chi connectivity index (χ3n) is 3.18. The molecule has 2 rings (SSSR count). The highest BCUT2D eigenvalue weighted by Gasteiger charge is 2.38. The molecule has 0 bridgehead atoms. The van der Waals surface area contributed by atoms with Crippen LogP contribution in [-0.4, -0.2) is 48.4 Å². The van der Waals surface area contributed by atoms with Crippen molar-refractivity contribution in [2.75, 3.05) is 25.9 Å². The van der Waals surface area contributed by atoms with Crippen molar-refractivity contribution in [1.82, 2.24) is 13.9 Å². The molecular weight excluding hydrogens is 272 g/mol. The van der Waals surface area contributed by atoms with Crippen molar-refractivity contribution in [3.63, 3.8) is 0 Å². The number of carbonyl (C=O) groups excluding carboxylic acids is 1. The van der Waals surface area contributed by atoms with Crippen LogP contribution in [0.1, 0.15) is 6.42 Å². The zero-order chi connectivity index (χ0) is 14.2. The van der Waals surface area contributed by atoms with Gasteiger partial charge in [-0.1, -0.05) is 0 Å². The fourth-order valence-corrected chi connectivity index (χ4v) is 3.87. The lowest BCUT2D eigenvalue weighted by molar-refractivity contribution is -0.144. The number of imidazole rings is 1. The molecule has 0 amide bonds. The maximum absolute atomic E-state index is 12.4. The van der Waals surface area contributed by atoms with Gasteiger partial charge in [0.2, 0.25) is 0 Å². The summed E-state index contributed by atoms with van der Waals surface area (Å²) in [6.45, 7) is 0.381. The standard InChI is InChI=1S/C10H16N4O4S/c1-13-6-12-8(11)9(13)19(16,17)14-4-3-7(5-14)10(15)18-2/h6-7H,3-5,11H2,1-2H3. The first-order valence-electron chi connectivity index (χ1n) is 5.72. The van der Waals surface area contributed by atoms with Gasteiger partial charge in [0.25, 0.3) is 10.0 Å². The number of hydrogen-bond acceptors (Lipinski definition) is 6. The molecule has 0 radical (unpaired) electrons. The fraction of sp³-hybridized carbons (Fsp3) is 0.600. The number of anilines is 1. The molecule has 0 aromatic carbocycles. The Hall–Kier alpha value is -1.61. The quantitative estimate of drug-likeness (QED) is 0.729. The summed E-state index contributed by atoms with van der Waals surface area (Å²) < 4.78 is 32.1. The maximum atomic E-state index is 12.4. The number of rotatable bonds is 3. The first-order chi connectivity index (χ1) is 8.87. The Labute approximate surface area is 111 Å². The zero-order valence-electron chi connectivity index (χ0n) is 10.7. The zero-order valence-corrected chi connectivity index (χ0v) is 11.6. The molecular formula is C10H16N4O4S. The molecule has 1 aliphatic rings. The number of sulfonamides is 1. The Balaban J connectivity index is 2.26. The number of nitrogens with two attached hydrogens (primary N) is 1. The lowest BCUT2D eigenvalue weighted by atomic mass is 10.1. The molecule has 1 aromatic rings. The van der Waals surface area contributed by atoms with E-state index < -0.39 is 21.9 Å². The molecule has 1 atom stereocenters. The average molecular weight is 288 g/mol. The fourth-order valence-electron chi connectivity index (χ4n) is 2.18. The van der Waals surface area contributed by atoms with E-state index in [2.05, 4.69) is 9.72 Å². The average Bonchev–Trinajstić information content (AvgIpc) is 2.96. The van der Waals surface area contributed by atoms with Gasteiger partial charge in [0.05, 0.1) is 19.4 Å². The molecule has 1 unspecified atom stereocenters. The van der Waals surface area contributed by atoms with Crippen molar-refractivity contribution in [3.8, 4) is 0 Å². The summed E-state index contributed by atoms with van der Waals surface area (Å²) in [6, 6.07) is 0. The van der Waals surface area contributed by atoms with Gasteiger partial charge in [-0.05, 0) is 6.42 Å². The SMILES string of the molecule is COC(=O)C1CCN(S(=O)(=O)c2c(N)ncn2C)C1. The number of carbonyl (C=O) groups is 1. The van der Waals surface area contributed by atoms with Crippen LogP contribution in [0.2, 0.25) is 0 Å². The van der Waals surface area contributed by atoms with Crippen molar-refractivity contribution in [2.24, 2.45) is 13.0 Å². The van der Waals surface area contributed by atoms with Gasteiger partial charge in [0.15, 0.2) is 10.8 Å². The van der Waals surface area contributed by atoms with Crippen LogP contribution in [0.15, 0.2) is 11.4 Å². The minimum Gasteiger partial charge on any atom is -0.469 e. The van der Waals surface area contributed by atoms with E-state index in [0.717, 1.165) is 0 Å². The molecule has 106 valence electrons. The predicted octanol–water partition coefficient (Wildman–Crippen LogP) is -0.814. The number of esters is 1. The summed E-state index contributed by atoms with van der Waals surface area (Å²) in [6.07, 6.45) is 1.79. The van der Waals surface area contributed by atoms with Gasteiger partial charge < -0.3 is 15.0 Å². The van der Waals surface area contributed by atoms with E-state index in [9.17, 15) is 13.2 Å². The third kappa shape index (κ3) is 2.30. The van der Waals surface area contributed by atoms with Gasteiger partial charge in [-0.15, -0.1) is 0 Å². The lowest BCUT2D eigenvalue weighted by Gasteiger charge is -2.16. The van der Waals surface area contributed by atoms with Crippen LogP contribution in [0, 0.1) is 5.92 Å². The van der Waals surface area contributed by atoms with Crippen molar-refractivity contribution in [3.05, 3.63) is 6.33 Å². The van der Waals surface area contributed by atoms with Crippen LogP contribution in [0.4, 0.5) is 5.82 Å². The van der Waals surface area contributed by atoms with E-state index in [-0.39, 0.29) is 23.9 Å². The van der Waals surface area contributed by atoms with Crippen LogP contribution < -0.4 is 5.73 Å². The highest BCUT2D eigenvalue weighted by Crippen LogP contribution is 2.27. The second kappa shape index (κ2) is 4.82. The molecule has 0 aliphatic carbocycles. The summed E-state index contributed by atoms with van der Waals surface area (Å²) in [7, 11) is -0.880. The number of aromatic nitrogens is 2. The number of nitrogen functional groups attached to an aromatic ring is 1. The van der Waals surface area contributed by atoms with E-state index in [0.29, 0.717) is 6.42 Å². The van der Waals surface area contributed by atoms with Crippen LogP contribution in [0.5, 0.6) is 0 Å². The minimum absolute atomic E-state index is 0.0379. The van der Waals surface area contributed by atoms with Crippen molar-refractivity contribution < 1.29 is 17.9 Å². The van der Waals surface area contributed by atoms with E-state index >= 15 is 0 Å². The summed E-state index contributed by atoms with van der Waals surface area (Å²) in [4.78, 5) is 15.2. The van der Waals surface area contributed by atoms with Gasteiger partial charge in [-0.3, -0.25) is 4.79 Å². The second-order valence-corrected chi connectivity index (χ2v) is 6.27. The Morgan fingerprint density at radius 1 is 1.58 bits per heavy atom. The van der Waals surface area contributed by atoms with Gasteiger partial charge in [-0.25, -0.2) is 13.4 Å². The smallest absolute Gasteiger partial charge is 0.310 e. The molecule has 1 aliphatic heterocycles. The number of ether oxygens (including phenoxy) is 1. The molecule has 1 saturated heterocycles. The Kier molecular flexibility index (Phi) is 3.50. The molecule has 9 heteroatoms. The molecule has 0 spiro atoms. The second-order valence-electron chi connectivity index (χ2n) is 4.42. The summed E-state index contributed by atoms with van der Waals surface area (Å²) >= 11 is 0. The molecule has 2 heterocycles. The number of hydrogen-bond donors (Lipinski definition) is 1. The number of methoxy groups -OCH3 is 1. The summed E-state index contributed by atoms with van der Waals surface area (Å²) in [5, 5.41) is -0.0435. The number of aryl methyl sites for hydroxylation is 1. The first kappa shape index (κ1) is 13.8. The monoisotopic (exact) mass is 288 g/mol. The van der Waals surface area contributed by atoms with Crippen LogP contribution in [0.3, 0.4) is 0 Å². The van der Waals surface area contributed by atoms with Gasteiger partial charge in [-0.2, -0.15) is 4.31 Å². The highest BCUT2D eigenvalue weighted by atomic mass is 32.2. The Bertz CT molecular complexity index is 575. The first-order valence-corrected chi connectivity index (χ1v) is 7.16. The molecule has 1 fully saturated rings. The van der Waals surface area contributed by atoms with Crippen LogP contribution in [-0.2, 0) is 26.6 Å². The van der Waals surface area contributed by atoms with Gasteiger partial charge in [0.1, 0.15) is 0 Å². The normalized spacial score (nSPS) is 20.6. The largest absolute Gasteiger partial charge is 0.469 e. The molecule has 2 N–H and O–H groups in total. The minimum atomic E-state index is -3.73. The predicted molar refractivity (Wildman–Crippen MR) is 66.5 cm³/mol. The van der Waals surface area contributed by atoms with E-state index in [1.54, 1.807) is 7.05 Å². The maximum Gasteiger partial charge on any atom is 0.310 e. The van der Waals surface area contributed by atoms with Crippen molar-refractivity contribution in [2.45, 2.75) is 11.4 Å². The van der Waals surface area contributed by atoms with E-state index in [1.807, 2.05) is 0 Å². The lowest BCUT2D eigenvalue weighted by Crippen LogP contribution is -2.32.